The van der Waals surface area contributed by atoms with Crippen LogP contribution in [0.25, 0.3) is 5.52 Å². The smallest absolute Gasteiger partial charge is 0.0661 e. The zero-order valence-corrected chi connectivity index (χ0v) is 4.86. The van der Waals surface area contributed by atoms with E-state index in [1.807, 2.05) is 35.0 Å². The Morgan fingerprint density at radius 3 is 2.90 bits per heavy atom. The van der Waals surface area contributed by atoms with E-state index < -0.39 is 0 Å². The molecule has 2 aromatic rings. The predicted octanol–water partition coefficient (Wildman–Crippen LogP) is 1.97. The van der Waals surface area contributed by atoms with Crippen LogP contribution in [0.4, 0.5) is 0 Å². The molecule has 0 aromatic carbocycles. The van der Waals surface area contributed by atoms with Gasteiger partial charge in [0.1, 0.15) is 0 Å². The molecule has 0 atom stereocenters. The summed E-state index contributed by atoms with van der Waals surface area (Å²) in [7, 11) is 0. The minimum atomic E-state index is 0. The fourth-order valence-corrected chi connectivity index (χ4v) is 0.866. The first-order chi connectivity index (χ1) is 4.47. The van der Waals surface area contributed by atoms with Gasteiger partial charge in [0.05, 0.1) is 5.52 Å². The van der Waals surface area contributed by atoms with Gasteiger partial charge >= 0.3 is 0 Å². The van der Waals surface area contributed by atoms with Crippen LogP contribution in [0.2, 0.25) is 0 Å². The molecule has 2 heteroatoms. The van der Waals surface area contributed by atoms with Gasteiger partial charge in [-0.15, -0.1) is 0 Å². The molecule has 0 amide bonds. The molecule has 0 unspecified atom stereocenters. The second-order valence-electron chi connectivity index (χ2n) is 1.90. The van der Waals surface area contributed by atoms with Crippen molar-refractivity contribution in [2.45, 2.75) is 7.43 Å². The molecule has 2 aromatic heterocycles. The Morgan fingerprint density at radius 2 is 2.10 bits per heavy atom. The standard InChI is InChI=1S/C7H6N2.CH4/c1-2-6-9-7(3-1)4-5-8-9;/h1-6H;1H4. The van der Waals surface area contributed by atoms with Crippen LogP contribution in [0.5, 0.6) is 0 Å². The monoisotopic (exact) mass is 134 g/mol. The number of hydrogen-bond acceptors (Lipinski definition) is 1. The average Bonchev–Trinajstić information content (AvgIpc) is 2.33. The van der Waals surface area contributed by atoms with Crippen LogP contribution in [0.3, 0.4) is 0 Å². The van der Waals surface area contributed by atoms with Crippen LogP contribution >= 0.6 is 0 Å². The second kappa shape index (κ2) is 2.52. The summed E-state index contributed by atoms with van der Waals surface area (Å²) in [5.41, 5.74) is 1.14. The summed E-state index contributed by atoms with van der Waals surface area (Å²) < 4.78 is 1.83. The van der Waals surface area contributed by atoms with Crippen LogP contribution in [-0.4, -0.2) is 9.61 Å². The average molecular weight is 134 g/mol. The Bertz CT molecular complexity index is 281. The maximum absolute atomic E-state index is 4.04. The van der Waals surface area contributed by atoms with Crippen molar-refractivity contribution in [1.82, 2.24) is 9.61 Å². The van der Waals surface area contributed by atoms with Gasteiger partial charge in [0.15, 0.2) is 0 Å². The molecule has 2 nitrogen and oxygen atoms in total. The number of fused-ring (bicyclic) bond motifs is 1. The highest BCUT2D eigenvalue weighted by Crippen LogP contribution is 1.98. The SMILES string of the molecule is C.c1ccn2nccc2c1. The first-order valence-electron chi connectivity index (χ1n) is 2.85. The van der Waals surface area contributed by atoms with E-state index in [0.717, 1.165) is 5.52 Å². The summed E-state index contributed by atoms with van der Waals surface area (Å²) in [4.78, 5) is 0. The van der Waals surface area contributed by atoms with Gasteiger partial charge in [-0.3, -0.25) is 0 Å². The van der Waals surface area contributed by atoms with E-state index in [1.165, 1.54) is 0 Å². The highest BCUT2D eigenvalue weighted by molar-refractivity contribution is 5.44. The fourth-order valence-electron chi connectivity index (χ4n) is 0.866. The van der Waals surface area contributed by atoms with Crippen molar-refractivity contribution in [3.63, 3.8) is 0 Å². The maximum Gasteiger partial charge on any atom is 0.0661 e. The fraction of sp³-hybridized carbons (Fsp3) is 0.125. The summed E-state index contributed by atoms with van der Waals surface area (Å²) in [5.74, 6) is 0. The molecule has 2 rings (SSSR count). The van der Waals surface area contributed by atoms with Gasteiger partial charge in [-0.1, -0.05) is 13.5 Å². The Labute approximate surface area is 60.1 Å². The summed E-state index contributed by atoms with van der Waals surface area (Å²) in [6.45, 7) is 0. The largest absolute Gasteiger partial charge is 0.241 e. The van der Waals surface area contributed by atoms with E-state index in [9.17, 15) is 0 Å². The number of hydrogen-bond donors (Lipinski definition) is 0. The molecule has 0 aliphatic heterocycles. The van der Waals surface area contributed by atoms with Gasteiger partial charge in [-0.05, 0) is 18.2 Å². The third kappa shape index (κ3) is 0.880. The Kier molecular flexibility index (Phi) is 1.71. The van der Waals surface area contributed by atoms with E-state index in [2.05, 4.69) is 5.10 Å². The van der Waals surface area contributed by atoms with Gasteiger partial charge in [-0.25, -0.2) is 4.52 Å². The molecular weight excluding hydrogens is 124 g/mol. The van der Waals surface area contributed by atoms with E-state index in [1.54, 1.807) is 6.20 Å². The third-order valence-electron chi connectivity index (χ3n) is 1.31. The third-order valence-corrected chi connectivity index (χ3v) is 1.31. The Hall–Kier alpha value is -1.31. The molecule has 2 heterocycles. The lowest BCUT2D eigenvalue weighted by Crippen LogP contribution is -1.81. The molecule has 0 aliphatic rings. The number of aromatic nitrogens is 2. The van der Waals surface area contributed by atoms with Gasteiger partial charge in [0.25, 0.3) is 0 Å². The summed E-state index contributed by atoms with van der Waals surface area (Å²) >= 11 is 0. The lowest BCUT2D eigenvalue weighted by atomic mass is 10.4. The molecule has 0 spiro atoms. The molecule has 10 heavy (non-hydrogen) atoms. The van der Waals surface area contributed by atoms with Crippen molar-refractivity contribution >= 4 is 5.52 Å². The first kappa shape index (κ1) is 6.81. The minimum absolute atomic E-state index is 0. The molecular formula is C8H10N2. The lowest BCUT2D eigenvalue weighted by Gasteiger charge is -1.86. The molecule has 0 bridgehead atoms. The van der Waals surface area contributed by atoms with Gasteiger partial charge in [0.2, 0.25) is 0 Å². The molecule has 0 saturated carbocycles. The quantitative estimate of drug-likeness (QED) is 0.538. The van der Waals surface area contributed by atoms with Gasteiger partial charge < -0.3 is 0 Å². The summed E-state index contributed by atoms with van der Waals surface area (Å²) in [6, 6.07) is 7.95. The minimum Gasteiger partial charge on any atom is -0.241 e. The highest BCUT2D eigenvalue weighted by atomic mass is 15.2. The van der Waals surface area contributed by atoms with Crippen LogP contribution < -0.4 is 0 Å². The van der Waals surface area contributed by atoms with Crippen molar-refractivity contribution in [2.75, 3.05) is 0 Å². The second-order valence-corrected chi connectivity index (χ2v) is 1.90. The van der Waals surface area contributed by atoms with Gasteiger partial charge in [-0.2, -0.15) is 5.10 Å². The summed E-state index contributed by atoms with van der Waals surface area (Å²) in [5, 5.41) is 4.04. The normalized spacial score (nSPS) is 9.20. The zero-order valence-electron chi connectivity index (χ0n) is 4.86. The van der Waals surface area contributed by atoms with Crippen LogP contribution in [0, 0.1) is 0 Å². The van der Waals surface area contributed by atoms with Crippen molar-refractivity contribution in [2.24, 2.45) is 0 Å². The number of pyridine rings is 1. The maximum atomic E-state index is 4.04. The van der Waals surface area contributed by atoms with Crippen molar-refractivity contribution in [3.05, 3.63) is 36.7 Å². The van der Waals surface area contributed by atoms with Crippen LogP contribution in [0.15, 0.2) is 36.7 Å². The summed E-state index contributed by atoms with van der Waals surface area (Å²) in [6.07, 6.45) is 3.71. The van der Waals surface area contributed by atoms with E-state index in [0.29, 0.717) is 0 Å². The lowest BCUT2D eigenvalue weighted by molar-refractivity contribution is 0.961. The molecule has 0 N–H and O–H groups in total. The number of nitrogens with zero attached hydrogens (tertiary/aromatic N) is 2. The van der Waals surface area contributed by atoms with Crippen LogP contribution in [-0.2, 0) is 0 Å². The van der Waals surface area contributed by atoms with Crippen molar-refractivity contribution in [1.29, 1.82) is 0 Å². The van der Waals surface area contributed by atoms with Crippen LogP contribution in [0.1, 0.15) is 7.43 Å². The predicted molar refractivity (Wildman–Crippen MR) is 41.9 cm³/mol. The zero-order chi connectivity index (χ0) is 6.10. The molecule has 0 fully saturated rings. The van der Waals surface area contributed by atoms with E-state index in [4.69, 9.17) is 0 Å². The molecule has 0 saturated heterocycles. The molecule has 52 valence electrons. The van der Waals surface area contributed by atoms with E-state index >= 15 is 0 Å². The van der Waals surface area contributed by atoms with Crippen molar-refractivity contribution < 1.29 is 0 Å². The molecule has 0 aliphatic carbocycles. The first-order valence-corrected chi connectivity index (χ1v) is 2.85. The Balaban J connectivity index is 0.000000500. The molecule has 0 radical (unpaired) electrons. The topological polar surface area (TPSA) is 17.3 Å². The highest BCUT2D eigenvalue weighted by Gasteiger charge is 1.85. The van der Waals surface area contributed by atoms with Crippen molar-refractivity contribution in [3.8, 4) is 0 Å². The number of rotatable bonds is 0. The van der Waals surface area contributed by atoms with Gasteiger partial charge in [0, 0.05) is 12.4 Å². The van der Waals surface area contributed by atoms with E-state index in [-0.39, 0.29) is 7.43 Å². The Morgan fingerprint density at radius 1 is 1.20 bits per heavy atom.